The van der Waals surface area contributed by atoms with E-state index in [9.17, 15) is 24.3 Å². The number of carboxylic acids is 1. The summed E-state index contributed by atoms with van der Waals surface area (Å²) >= 11 is 0. The first-order chi connectivity index (χ1) is 17.8. The van der Waals surface area contributed by atoms with Crippen molar-refractivity contribution in [2.45, 2.75) is 77.5 Å². The second-order valence-corrected chi connectivity index (χ2v) is 10.1. The van der Waals surface area contributed by atoms with E-state index in [0.29, 0.717) is 12.8 Å². The standard InChI is InChI=1S/C26H43N7O5/c1-15(2)13-18(27)22(34)33-21(16(3)4)24(36)31-19(11-8-12-30-26(28)29)23(35)32-20(25(37)38)14-17-9-6-5-7-10-17/h5-7,9-10,15-16,18-21H,8,11-14,27H2,1-4H3,(H,31,36)(H,32,35)(H,33,34)(H,37,38)(H4,28,29,30). The molecule has 0 aliphatic heterocycles. The molecule has 0 radical (unpaired) electrons. The van der Waals surface area contributed by atoms with E-state index in [1.54, 1.807) is 44.2 Å². The number of nitrogens with two attached hydrogens (primary N) is 3. The fourth-order valence-electron chi connectivity index (χ4n) is 3.77. The lowest BCUT2D eigenvalue weighted by atomic mass is 9.99. The number of amides is 3. The molecule has 0 aliphatic rings. The van der Waals surface area contributed by atoms with Crippen LogP contribution in [0.2, 0.25) is 0 Å². The van der Waals surface area contributed by atoms with Crippen LogP contribution in [0.25, 0.3) is 0 Å². The van der Waals surface area contributed by atoms with Crippen molar-refractivity contribution < 1.29 is 24.3 Å². The van der Waals surface area contributed by atoms with Gasteiger partial charge in [-0.1, -0.05) is 58.0 Å². The van der Waals surface area contributed by atoms with E-state index in [2.05, 4.69) is 20.9 Å². The Hall–Kier alpha value is -3.67. The number of aliphatic imine (C=N–C) groups is 1. The maximum Gasteiger partial charge on any atom is 0.326 e. The molecule has 0 aliphatic carbocycles. The van der Waals surface area contributed by atoms with Gasteiger partial charge in [-0.15, -0.1) is 0 Å². The summed E-state index contributed by atoms with van der Waals surface area (Å²) in [6.45, 7) is 7.60. The minimum atomic E-state index is -1.21. The van der Waals surface area contributed by atoms with Gasteiger partial charge in [0, 0.05) is 13.0 Å². The van der Waals surface area contributed by atoms with E-state index >= 15 is 0 Å². The highest BCUT2D eigenvalue weighted by molar-refractivity contribution is 5.94. The molecular weight excluding hydrogens is 490 g/mol. The molecule has 12 heteroatoms. The summed E-state index contributed by atoms with van der Waals surface area (Å²) in [5.74, 6) is -3.14. The summed E-state index contributed by atoms with van der Waals surface area (Å²) in [6.07, 6.45) is 0.989. The zero-order valence-electron chi connectivity index (χ0n) is 22.6. The van der Waals surface area contributed by atoms with Gasteiger partial charge in [-0.2, -0.15) is 0 Å². The summed E-state index contributed by atoms with van der Waals surface area (Å²) in [5, 5.41) is 17.6. The molecule has 1 aromatic carbocycles. The topological polar surface area (TPSA) is 215 Å². The number of carboxylic acid groups (broad SMARTS) is 1. The van der Waals surface area contributed by atoms with Crippen LogP contribution in [0.1, 0.15) is 52.5 Å². The lowest BCUT2D eigenvalue weighted by molar-refractivity contribution is -0.142. The predicted octanol–water partition coefficient (Wildman–Crippen LogP) is -0.149. The van der Waals surface area contributed by atoms with Gasteiger partial charge >= 0.3 is 5.97 Å². The molecular formula is C26H43N7O5. The highest BCUT2D eigenvalue weighted by atomic mass is 16.4. The third-order valence-electron chi connectivity index (χ3n) is 5.78. The minimum absolute atomic E-state index is 0.0645. The van der Waals surface area contributed by atoms with Crippen molar-refractivity contribution in [3.63, 3.8) is 0 Å². The first kappa shape index (κ1) is 32.4. The molecule has 4 atom stereocenters. The highest BCUT2D eigenvalue weighted by Gasteiger charge is 2.31. The zero-order valence-corrected chi connectivity index (χ0v) is 22.6. The number of guanidine groups is 1. The Bertz CT molecular complexity index is 949. The van der Waals surface area contributed by atoms with Crippen molar-refractivity contribution in [2.75, 3.05) is 6.54 Å². The molecule has 1 aromatic rings. The fraction of sp³-hybridized carbons (Fsp3) is 0.577. The number of benzene rings is 1. The van der Waals surface area contributed by atoms with Crippen molar-refractivity contribution in [1.82, 2.24) is 16.0 Å². The summed E-state index contributed by atoms with van der Waals surface area (Å²) in [5.41, 5.74) is 17.4. The molecule has 0 fully saturated rings. The van der Waals surface area contributed by atoms with Gasteiger partial charge in [0.05, 0.1) is 6.04 Å². The molecule has 4 unspecified atom stereocenters. The first-order valence-electron chi connectivity index (χ1n) is 12.8. The Balaban J connectivity index is 3.03. The Morgan fingerprint density at radius 3 is 2.03 bits per heavy atom. The minimum Gasteiger partial charge on any atom is -0.480 e. The molecule has 0 heterocycles. The quantitative estimate of drug-likeness (QED) is 0.0859. The third kappa shape index (κ3) is 12.0. The van der Waals surface area contributed by atoms with Crippen molar-refractivity contribution in [3.8, 4) is 0 Å². The second kappa shape index (κ2) is 16.2. The highest BCUT2D eigenvalue weighted by Crippen LogP contribution is 2.09. The van der Waals surface area contributed by atoms with Crippen LogP contribution in [-0.4, -0.2) is 65.5 Å². The molecule has 0 saturated carbocycles. The largest absolute Gasteiger partial charge is 0.480 e. The van der Waals surface area contributed by atoms with E-state index in [4.69, 9.17) is 17.2 Å². The molecule has 1 rings (SSSR count). The van der Waals surface area contributed by atoms with Crippen molar-refractivity contribution in [2.24, 2.45) is 34.0 Å². The second-order valence-electron chi connectivity index (χ2n) is 10.1. The monoisotopic (exact) mass is 533 g/mol. The number of carbonyl (C=O) groups excluding carboxylic acids is 3. The van der Waals surface area contributed by atoms with Gasteiger partial charge in [0.15, 0.2) is 5.96 Å². The van der Waals surface area contributed by atoms with Gasteiger partial charge in [-0.05, 0) is 36.7 Å². The molecule has 10 N–H and O–H groups in total. The maximum atomic E-state index is 13.2. The van der Waals surface area contributed by atoms with Crippen LogP contribution in [0.15, 0.2) is 35.3 Å². The Kier molecular flexibility index (Phi) is 13.8. The number of hydrogen-bond donors (Lipinski definition) is 7. The third-order valence-corrected chi connectivity index (χ3v) is 5.78. The van der Waals surface area contributed by atoms with E-state index < -0.39 is 47.9 Å². The average Bonchev–Trinajstić information content (AvgIpc) is 2.83. The SMILES string of the molecule is CC(C)CC(N)C(=O)NC(C(=O)NC(CCCN=C(N)N)C(=O)NC(Cc1ccccc1)C(=O)O)C(C)C. The van der Waals surface area contributed by atoms with Crippen LogP contribution in [0.3, 0.4) is 0 Å². The number of rotatable bonds is 16. The maximum absolute atomic E-state index is 13.2. The van der Waals surface area contributed by atoms with Crippen LogP contribution in [0, 0.1) is 11.8 Å². The summed E-state index contributed by atoms with van der Waals surface area (Å²) < 4.78 is 0. The fourth-order valence-corrected chi connectivity index (χ4v) is 3.77. The number of nitrogens with one attached hydrogen (secondary N) is 3. The van der Waals surface area contributed by atoms with E-state index in [1.165, 1.54) is 0 Å². The van der Waals surface area contributed by atoms with Crippen LogP contribution in [0.4, 0.5) is 0 Å². The Labute approximate surface area is 224 Å². The average molecular weight is 534 g/mol. The van der Waals surface area contributed by atoms with Gasteiger partial charge in [-0.25, -0.2) is 4.79 Å². The summed E-state index contributed by atoms with van der Waals surface area (Å²) in [6, 6.07) is 4.85. The number of carbonyl (C=O) groups is 4. The van der Waals surface area contributed by atoms with Crippen molar-refractivity contribution in [1.29, 1.82) is 0 Å². The van der Waals surface area contributed by atoms with E-state index in [1.807, 2.05) is 13.8 Å². The molecule has 212 valence electrons. The van der Waals surface area contributed by atoms with Crippen LogP contribution < -0.4 is 33.2 Å². The van der Waals surface area contributed by atoms with Crippen molar-refractivity contribution in [3.05, 3.63) is 35.9 Å². The summed E-state index contributed by atoms with van der Waals surface area (Å²) in [4.78, 5) is 54.7. The Morgan fingerprint density at radius 1 is 0.895 bits per heavy atom. The van der Waals surface area contributed by atoms with Crippen LogP contribution >= 0.6 is 0 Å². The number of aliphatic carboxylic acids is 1. The van der Waals surface area contributed by atoms with Gasteiger partial charge < -0.3 is 38.3 Å². The lowest BCUT2D eigenvalue weighted by Crippen LogP contribution is -2.58. The molecule has 0 spiro atoms. The van der Waals surface area contributed by atoms with Gasteiger partial charge in [0.2, 0.25) is 17.7 Å². The zero-order chi connectivity index (χ0) is 28.8. The van der Waals surface area contributed by atoms with E-state index in [0.717, 1.165) is 5.56 Å². The van der Waals surface area contributed by atoms with E-state index in [-0.39, 0.29) is 37.2 Å². The van der Waals surface area contributed by atoms with Gasteiger partial charge in [0.1, 0.15) is 18.1 Å². The molecule has 0 aromatic heterocycles. The molecule has 38 heavy (non-hydrogen) atoms. The molecule has 12 nitrogen and oxygen atoms in total. The van der Waals surface area contributed by atoms with Crippen LogP contribution in [-0.2, 0) is 25.6 Å². The number of hydrogen-bond acceptors (Lipinski definition) is 6. The van der Waals surface area contributed by atoms with Gasteiger partial charge in [-0.3, -0.25) is 19.4 Å². The normalized spacial score (nSPS) is 14.2. The first-order valence-corrected chi connectivity index (χ1v) is 12.8. The molecule has 0 bridgehead atoms. The predicted molar refractivity (Wildman–Crippen MR) is 146 cm³/mol. The number of nitrogens with zero attached hydrogens (tertiary/aromatic N) is 1. The molecule has 3 amide bonds. The molecule has 0 saturated heterocycles. The summed E-state index contributed by atoms with van der Waals surface area (Å²) in [7, 11) is 0. The van der Waals surface area contributed by atoms with Crippen LogP contribution in [0.5, 0.6) is 0 Å². The lowest BCUT2D eigenvalue weighted by Gasteiger charge is -2.27. The Morgan fingerprint density at radius 2 is 1.50 bits per heavy atom. The smallest absolute Gasteiger partial charge is 0.326 e. The van der Waals surface area contributed by atoms with Crippen molar-refractivity contribution >= 4 is 29.7 Å². The van der Waals surface area contributed by atoms with Gasteiger partial charge in [0.25, 0.3) is 0 Å².